The van der Waals surface area contributed by atoms with Gasteiger partial charge < -0.3 is 10.1 Å². The van der Waals surface area contributed by atoms with Crippen LogP contribution in [-0.4, -0.2) is 31.1 Å². The lowest BCUT2D eigenvalue weighted by Gasteiger charge is -2.26. The van der Waals surface area contributed by atoms with E-state index in [2.05, 4.69) is 31.7 Å². The predicted molar refractivity (Wildman–Crippen MR) is 72.5 cm³/mol. The summed E-state index contributed by atoms with van der Waals surface area (Å²) in [6.45, 7) is 2.02. The second-order valence-corrected chi connectivity index (χ2v) is 4.91. The molecule has 6 heteroatoms. The Balaban J connectivity index is 2.14. The molecule has 0 bridgehead atoms. The highest BCUT2D eigenvalue weighted by molar-refractivity contribution is 14.1. The highest BCUT2D eigenvalue weighted by atomic mass is 127. The molecule has 1 saturated carbocycles. The number of amides is 1. The Morgan fingerprint density at radius 3 is 2.47 bits per heavy atom. The van der Waals surface area contributed by atoms with E-state index >= 15 is 0 Å². The molecule has 1 fully saturated rings. The maximum Gasteiger partial charge on any atom is 0.302 e. The minimum Gasteiger partial charge on any atom is -0.464 e. The number of hydrogen-bond donors (Lipinski definition) is 2. The lowest BCUT2D eigenvalue weighted by Crippen LogP contribution is -2.37. The fourth-order valence-electron chi connectivity index (χ4n) is 1.98. The van der Waals surface area contributed by atoms with E-state index in [-0.39, 0.29) is 24.4 Å². The fourth-order valence-corrected chi connectivity index (χ4v) is 2.60. The van der Waals surface area contributed by atoms with Gasteiger partial charge in [-0.2, -0.15) is 0 Å². The molecule has 1 aliphatic carbocycles. The number of carbonyl (C=O) groups excluding carboxylic acids is 2. The molecule has 0 aromatic carbocycles. The smallest absolute Gasteiger partial charge is 0.302 e. The van der Waals surface area contributed by atoms with Crippen molar-refractivity contribution in [3.05, 3.63) is 0 Å². The number of halogens is 1. The average molecular weight is 354 g/mol. The van der Waals surface area contributed by atoms with E-state index in [0.717, 1.165) is 25.7 Å². The highest BCUT2D eigenvalue weighted by Gasteiger charge is 2.25. The van der Waals surface area contributed by atoms with Gasteiger partial charge in [0.25, 0.3) is 0 Å². The molecule has 0 atom stereocenters. The monoisotopic (exact) mass is 354 g/mol. The number of carbonyl (C=O) groups is 2. The molecular weight excluding hydrogens is 335 g/mol. The van der Waals surface area contributed by atoms with Crippen LogP contribution in [-0.2, 0) is 14.3 Å². The van der Waals surface area contributed by atoms with Gasteiger partial charge in [-0.1, -0.05) is 0 Å². The van der Waals surface area contributed by atoms with Crippen LogP contribution in [0.25, 0.3) is 0 Å². The van der Waals surface area contributed by atoms with Crippen molar-refractivity contribution in [2.45, 2.75) is 38.6 Å². The van der Waals surface area contributed by atoms with E-state index < -0.39 is 0 Å². The zero-order chi connectivity index (χ0) is 12.7. The molecule has 0 unspecified atom stereocenters. The van der Waals surface area contributed by atoms with E-state index in [9.17, 15) is 9.59 Å². The van der Waals surface area contributed by atoms with Crippen molar-refractivity contribution in [1.29, 1.82) is 0 Å². The van der Waals surface area contributed by atoms with E-state index in [1.807, 2.05) is 0 Å². The van der Waals surface area contributed by atoms with Crippen LogP contribution in [0.4, 0.5) is 0 Å². The summed E-state index contributed by atoms with van der Waals surface area (Å²) < 4.78 is 7.96. The van der Waals surface area contributed by atoms with Crippen LogP contribution in [0.1, 0.15) is 32.6 Å². The van der Waals surface area contributed by atoms with Crippen LogP contribution >= 0.6 is 22.9 Å². The van der Waals surface area contributed by atoms with Crippen LogP contribution in [0.15, 0.2) is 0 Å². The van der Waals surface area contributed by atoms with Crippen LogP contribution in [0.5, 0.6) is 0 Å². The Morgan fingerprint density at radius 1 is 1.29 bits per heavy atom. The molecule has 2 N–H and O–H groups in total. The van der Waals surface area contributed by atoms with E-state index in [0.29, 0.717) is 12.6 Å². The summed E-state index contributed by atoms with van der Waals surface area (Å²) in [7, 11) is 0. The summed E-state index contributed by atoms with van der Waals surface area (Å²) in [6.07, 6.45) is 3.95. The third-order valence-electron chi connectivity index (χ3n) is 2.96. The summed E-state index contributed by atoms with van der Waals surface area (Å²) in [5.74, 6) is -0.106. The number of ether oxygens (including phenoxy) is 1. The number of hydrogen-bond acceptors (Lipinski definition) is 4. The molecule has 0 aromatic heterocycles. The van der Waals surface area contributed by atoms with Gasteiger partial charge in [-0.05, 0) is 25.7 Å². The molecule has 17 heavy (non-hydrogen) atoms. The fraction of sp³-hybridized carbons (Fsp3) is 0.818. The van der Waals surface area contributed by atoms with Gasteiger partial charge in [0.05, 0.1) is 6.54 Å². The van der Waals surface area contributed by atoms with Crippen LogP contribution in [0, 0.1) is 5.92 Å². The van der Waals surface area contributed by atoms with Gasteiger partial charge in [0.15, 0.2) is 0 Å². The second kappa shape index (κ2) is 7.86. The van der Waals surface area contributed by atoms with E-state index in [4.69, 9.17) is 4.74 Å². The van der Waals surface area contributed by atoms with Gasteiger partial charge in [-0.3, -0.25) is 13.1 Å². The van der Waals surface area contributed by atoms with Crippen molar-refractivity contribution >= 4 is 34.7 Å². The molecule has 0 heterocycles. The van der Waals surface area contributed by atoms with Gasteiger partial charge in [0, 0.05) is 41.7 Å². The standard InChI is InChI=1S/C11H19IN2O3/c1-8(15)17-7-6-13-11(16)9-2-4-10(14-12)5-3-9/h9-10,14H,2-7H2,1H3,(H,13,16). The zero-order valence-electron chi connectivity index (χ0n) is 10.0. The number of rotatable bonds is 5. The average Bonchev–Trinajstić information content (AvgIpc) is 2.34. The Morgan fingerprint density at radius 2 is 1.94 bits per heavy atom. The van der Waals surface area contributed by atoms with Gasteiger partial charge >= 0.3 is 5.97 Å². The Kier molecular flexibility index (Phi) is 6.79. The van der Waals surface area contributed by atoms with Crippen molar-refractivity contribution in [3.8, 4) is 0 Å². The summed E-state index contributed by atoms with van der Waals surface area (Å²) in [5, 5.41) is 2.80. The SMILES string of the molecule is CC(=O)OCCNC(=O)C1CCC(NI)CC1. The maximum absolute atomic E-state index is 11.8. The Hall–Kier alpha value is -0.370. The van der Waals surface area contributed by atoms with Crippen molar-refractivity contribution in [3.63, 3.8) is 0 Å². The first kappa shape index (κ1) is 14.7. The molecule has 0 radical (unpaired) electrons. The molecule has 1 aliphatic rings. The van der Waals surface area contributed by atoms with Gasteiger partial charge in [-0.25, -0.2) is 0 Å². The lowest BCUT2D eigenvalue weighted by molar-refractivity contribution is -0.141. The third kappa shape index (κ3) is 5.67. The molecule has 98 valence electrons. The second-order valence-electron chi connectivity index (χ2n) is 4.29. The van der Waals surface area contributed by atoms with Gasteiger partial charge in [0.2, 0.25) is 5.91 Å². The lowest BCUT2D eigenvalue weighted by atomic mass is 9.86. The molecular formula is C11H19IN2O3. The van der Waals surface area contributed by atoms with Crippen molar-refractivity contribution in [2.24, 2.45) is 5.92 Å². The first-order chi connectivity index (χ1) is 8.13. The summed E-state index contributed by atoms with van der Waals surface area (Å²) in [5.41, 5.74) is 0. The van der Waals surface area contributed by atoms with Gasteiger partial charge in [-0.15, -0.1) is 0 Å². The molecule has 1 amide bonds. The van der Waals surface area contributed by atoms with Gasteiger partial charge in [0.1, 0.15) is 6.61 Å². The summed E-state index contributed by atoms with van der Waals surface area (Å²) in [4.78, 5) is 22.3. The first-order valence-electron chi connectivity index (χ1n) is 5.90. The molecule has 0 spiro atoms. The normalized spacial score (nSPS) is 24.1. The largest absolute Gasteiger partial charge is 0.464 e. The number of esters is 1. The quantitative estimate of drug-likeness (QED) is 0.337. The first-order valence-corrected chi connectivity index (χ1v) is 6.98. The molecule has 0 saturated heterocycles. The summed E-state index contributed by atoms with van der Waals surface area (Å²) >= 11 is 2.17. The Labute approximate surface area is 116 Å². The molecule has 0 aliphatic heterocycles. The third-order valence-corrected chi connectivity index (χ3v) is 3.84. The number of nitrogens with one attached hydrogen (secondary N) is 2. The predicted octanol–water partition coefficient (Wildman–Crippen LogP) is 1.16. The zero-order valence-corrected chi connectivity index (χ0v) is 12.2. The van der Waals surface area contributed by atoms with E-state index in [1.165, 1.54) is 6.92 Å². The molecule has 1 rings (SSSR count). The summed E-state index contributed by atoms with van der Waals surface area (Å²) in [6, 6.07) is 0.542. The van der Waals surface area contributed by atoms with Crippen molar-refractivity contribution in [2.75, 3.05) is 13.2 Å². The maximum atomic E-state index is 11.8. The molecule has 0 aromatic rings. The van der Waals surface area contributed by atoms with Crippen LogP contribution < -0.4 is 8.85 Å². The van der Waals surface area contributed by atoms with Crippen molar-refractivity contribution < 1.29 is 14.3 Å². The highest BCUT2D eigenvalue weighted by Crippen LogP contribution is 2.24. The minimum absolute atomic E-state index is 0.0871. The topological polar surface area (TPSA) is 67.4 Å². The van der Waals surface area contributed by atoms with Crippen LogP contribution in [0.2, 0.25) is 0 Å². The van der Waals surface area contributed by atoms with Crippen LogP contribution in [0.3, 0.4) is 0 Å². The van der Waals surface area contributed by atoms with Crippen molar-refractivity contribution in [1.82, 2.24) is 8.85 Å². The minimum atomic E-state index is -0.312. The Bertz CT molecular complexity index is 265. The van der Waals surface area contributed by atoms with E-state index in [1.54, 1.807) is 0 Å². The molecule has 5 nitrogen and oxygen atoms in total.